The lowest BCUT2D eigenvalue weighted by atomic mass is 10.1. The number of nitrogens with zero attached hydrogens (tertiary/aromatic N) is 3. The first-order valence-corrected chi connectivity index (χ1v) is 11.2. The predicted molar refractivity (Wildman–Crippen MR) is 123 cm³/mol. The Hall–Kier alpha value is -2.41. The quantitative estimate of drug-likeness (QED) is 0.740. The number of amides is 1. The van der Waals surface area contributed by atoms with Gasteiger partial charge in [0.25, 0.3) is 0 Å². The van der Waals surface area contributed by atoms with Gasteiger partial charge in [-0.05, 0) is 55.2 Å². The van der Waals surface area contributed by atoms with E-state index in [4.69, 9.17) is 4.74 Å². The summed E-state index contributed by atoms with van der Waals surface area (Å²) >= 11 is 0. The first-order chi connectivity index (χ1) is 15.0. The third-order valence-electron chi connectivity index (χ3n) is 6.12. The molecule has 2 aliphatic rings. The Morgan fingerprint density at radius 3 is 2.42 bits per heavy atom. The van der Waals surface area contributed by atoms with Gasteiger partial charge in [0, 0.05) is 45.0 Å². The standard InChI is InChI=1S/C25H33N3O3/c1-19-13-20(2)15-23(14-19)31-18-22(29)16-26-9-11-27(12-10-26)17-25(30)28-8-7-21-5-3-4-6-24(21)28/h3-6,13-15,22,29H,7-12,16-18H2,1-2H3. The molecule has 166 valence electrons. The zero-order chi connectivity index (χ0) is 21.8. The summed E-state index contributed by atoms with van der Waals surface area (Å²) in [6.07, 6.45) is 0.410. The summed E-state index contributed by atoms with van der Waals surface area (Å²) < 4.78 is 5.79. The molecule has 6 heteroatoms. The van der Waals surface area contributed by atoms with Crippen molar-refractivity contribution >= 4 is 11.6 Å². The fourth-order valence-corrected chi connectivity index (χ4v) is 4.56. The van der Waals surface area contributed by atoms with E-state index < -0.39 is 6.10 Å². The van der Waals surface area contributed by atoms with E-state index in [9.17, 15) is 9.90 Å². The van der Waals surface area contributed by atoms with Gasteiger partial charge in [0.1, 0.15) is 18.5 Å². The number of benzene rings is 2. The molecular formula is C25H33N3O3. The average molecular weight is 424 g/mol. The smallest absolute Gasteiger partial charge is 0.241 e. The molecule has 0 bridgehead atoms. The normalized spacial score (nSPS) is 18.1. The first-order valence-electron chi connectivity index (χ1n) is 11.2. The van der Waals surface area contributed by atoms with Crippen LogP contribution in [0.25, 0.3) is 0 Å². The van der Waals surface area contributed by atoms with Crippen molar-refractivity contribution in [2.75, 3.05) is 57.3 Å². The minimum atomic E-state index is -0.532. The fourth-order valence-electron chi connectivity index (χ4n) is 4.56. The van der Waals surface area contributed by atoms with Crippen molar-refractivity contribution in [2.24, 2.45) is 0 Å². The molecule has 2 heterocycles. The molecule has 1 fully saturated rings. The van der Waals surface area contributed by atoms with Gasteiger partial charge in [-0.15, -0.1) is 0 Å². The van der Waals surface area contributed by atoms with E-state index in [-0.39, 0.29) is 12.5 Å². The molecule has 2 aliphatic heterocycles. The second kappa shape index (κ2) is 9.81. The number of anilines is 1. The summed E-state index contributed by atoms with van der Waals surface area (Å²) in [7, 11) is 0. The number of hydrogen-bond donors (Lipinski definition) is 1. The van der Waals surface area contributed by atoms with Crippen LogP contribution in [0.4, 0.5) is 5.69 Å². The zero-order valence-corrected chi connectivity index (χ0v) is 18.6. The minimum Gasteiger partial charge on any atom is -0.491 e. The number of fused-ring (bicyclic) bond motifs is 1. The van der Waals surface area contributed by atoms with Crippen LogP contribution in [0.2, 0.25) is 0 Å². The number of carbonyl (C=O) groups excluding carboxylic acids is 1. The van der Waals surface area contributed by atoms with Crippen molar-refractivity contribution in [3.05, 3.63) is 59.2 Å². The monoisotopic (exact) mass is 423 g/mol. The van der Waals surface area contributed by atoms with Crippen LogP contribution in [0, 0.1) is 13.8 Å². The number of β-amino-alcohol motifs (C(OH)–C–C–N with tert-alkyl or cyclic N) is 1. The molecular weight excluding hydrogens is 390 g/mol. The van der Waals surface area contributed by atoms with E-state index in [0.29, 0.717) is 13.1 Å². The second-order valence-corrected chi connectivity index (χ2v) is 8.79. The largest absolute Gasteiger partial charge is 0.491 e. The zero-order valence-electron chi connectivity index (χ0n) is 18.6. The fraction of sp³-hybridized carbons (Fsp3) is 0.480. The van der Waals surface area contributed by atoms with E-state index in [0.717, 1.165) is 61.7 Å². The molecule has 2 aromatic carbocycles. The van der Waals surface area contributed by atoms with Gasteiger partial charge in [0.2, 0.25) is 5.91 Å². The highest BCUT2D eigenvalue weighted by Gasteiger charge is 2.27. The molecule has 1 atom stereocenters. The van der Waals surface area contributed by atoms with E-state index in [1.807, 2.05) is 49.1 Å². The van der Waals surface area contributed by atoms with Crippen molar-refractivity contribution in [3.8, 4) is 5.75 Å². The molecule has 0 radical (unpaired) electrons. The summed E-state index contributed by atoms with van der Waals surface area (Å²) in [5.74, 6) is 0.989. The molecule has 2 aromatic rings. The second-order valence-electron chi connectivity index (χ2n) is 8.79. The summed E-state index contributed by atoms with van der Waals surface area (Å²) in [5.41, 5.74) is 4.65. The first kappa shape index (κ1) is 21.8. The average Bonchev–Trinajstić information content (AvgIpc) is 3.17. The predicted octanol–water partition coefficient (Wildman–Crippen LogP) is 2.25. The molecule has 1 saturated heterocycles. The maximum Gasteiger partial charge on any atom is 0.241 e. The molecule has 31 heavy (non-hydrogen) atoms. The Morgan fingerprint density at radius 2 is 1.68 bits per heavy atom. The summed E-state index contributed by atoms with van der Waals surface area (Å²) in [4.78, 5) is 19.2. The van der Waals surface area contributed by atoms with Gasteiger partial charge in [-0.3, -0.25) is 14.6 Å². The number of aliphatic hydroxyl groups excluding tert-OH is 1. The van der Waals surface area contributed by atoms with Gasteiger partial charge in [-0.25, -0.2) is 0 Å². The number of ether oxygens (including phenoxy) is 1. The SMILES string of the molecule is Cc1cc(C)cc(OCC(O)CN2CCN(CC(=O)N3CCc4ccccc43)CC2)c1. The maximum atomic E-state index is 12.8. The summed E-state index contributed by atoms with van der Waals surface area (Å²) in [5, 5.41) is 10.4. The van der Waals surface area contributed by atoms with Crippen molar-refractivity contribution in [3.63, 3.8) is 0 Å². The number of aliphatic hydroxyl groups is 1. The lowest BCUT2D eigenvalue weighted by Gasteiger charge is -2.35. The van der Waals surface area contributed by atoms with E-state index in [1.165, 1.54) is 5.56 Å². The van der Waals surface area contributed by atoms with E-state index in [1.54, 1.807) is 0 Å². The van der Waals surface area contributed by atoms with Gasteiger partial charge in [-0.1, -0.05) is 24.3 Å². The molecule has 1 amide bonds. The van der Waals surface area contributed by atoms with Crippen LogP contribution in [0.15, 0.2) is 42.5 Å². The third-order valence-corrected chi connectivity index (χ3v) is 6.12. The highest BCUT2D eigenvalue weighted by molar-refractivity contribution is 5.96. The molecule has 1 unspecified atom stereocenters. The van der Waals surface area contributed by atoms with Crippen molar-refractivity contribution < 1.29 is 14.6 Å². The number of aryl methyl sites for hydroxylation is 2. The van der Waals surface area contributed by atoms with E-state index >= 15 is 0 Å². The van der Waals surface area contributed by atoms with Crippen LogP contribution >= 0.6 is 0 Å². The Morgan fingerprint density at radius 1 is 1.00 bits per heavy atom. The number of hydrogen-bond acceptors (Lipinski definition) is 5. The number of carbonyl (C=O) groups is 1. The maximum absolute atomic E-state index is 12.8. The lowest BCUT2D eigenvalue weighted by molar-refractivity contribution is -0.120. The Balaban J connectivity index is 1.19. The molecule has 1 N–H and O–H groups in total. The van der Waals surface area contributed by atoms with Crippen molar-refractivity contribution in [2.45, 2.75) is 26.4 Å². The number of para-hydroxylation sites is 1. The third kappa shape index (κ3) is 5.64. The number of piperazine rings is 1. The van der Waals surface area contributed by atoms with Gasteiger partial charge < -0.3 is 14.7 Å². The van der Waals surface area contributed by atoms with Crippen LogP contribution in [-0.2, 0) is 11.2 Å². The van der Waals surface area contributed by atoms with E-state index in [2.05, 4.69) is 21.9 Å². The molecule has 0 aromatic heterocycles. The van der Waals surface area contributed by atoms with Gasteiger partial charge in [0.05, 0.1) is 6.54 Å². The van der Waals surface area contributed by atoms with Gasteiger partial charge >= 0.3 is 0 Å². The molecule has 0 spiro atoms. The highest BCUT2D eigenvalue weighted by Crippen LogP contribution is 2.27. The summed E-state index contributed by atoms with van der Waals surface area (Å²) in [6, 6.07) is 14.3. The van der Waals surface area contributed by atoms with Gasteiger partial charge in [0.15, 0.2) is 0 Å². The van der Waals surface area contributed by atoms with Crippen LogP contribution in [0.1, 0.15) is 16.7 Å². The number of rotatable bonds is 7. The molecule has 0 aliphatic carbocycles. The van der Waals surface area contributed by atoms with Crippen LogP contribution in [-0.4, -0.2) is 79.3 Å². The Bertz CT molecular complexity index is 888. The van der Waals surface area contributed by atoms with Gasteiger partial charge in [-0.2, -0.15) is 0 Å². The molecule has 4 rings (SSSR count). The summed E-state index contributed by atoms with van der Waals surface area (Å²) in [6.45, 7) is 9.59. The molecule has 6 nitrogen and oxygen atoms in total. The Labute approximate surface area is 185 Å². The van der Waals surface area contributed by atoms with Crippen molar-refractivity contribution in [1.82, 2.24) is 9.80 Å². The minimum absolute atomic E-state index is 0.181. The Kier molecular flexibility index (Phi) is 6.90. The van der Waals surface area contributed by atoms with Crippen LogP contribution in [0.5, 0.6) is 5.75 Å². The van der Waals surface area contributed by atoms with Crippen LogP contribution in [0.3, 0.4) is 0 Å². The topological polar surface area (TPSA) is 56.3 Å². The van der Waals surface area contributed by atoms with Crippen LogP contribution < -0.4 is 9.64 Å². The molecule has 0 saturated carbocycles. The van der Waals surface area contributed by atoms with Crippen molar-refractivity contribution in [1.29, 1.82) is 0 Å². The highest BCUT2D eigenvalue weighted by atomic mass is 16.5. The lowest BCUT2D eigenvalue weighted by Crippen LogP contribution is -2.51.